The maximum absolute atomic E-state index is 13.4. The van der Waals surface area contributed by atoms with E-state index < -0.39 is 0 Å². The molecule has 3 nitrogen and oxygen atoms in total. The molecule has 4 heteroatoms. The first-order valence-corrected chi connectivity index (χ1v) is 9.63. The zero-order valence-electron chi connectivity index (χ0n) is 14.2. The van der Waals surface area contributed by atoms with Crippen LogP contribution < -0.4 is 0 Å². The molecule has 0 aliphatic carbocycles. The number of rotatable bonds is 6. The number of carbonyl (C=O) groups excluding carboxylic acids is 1. The van der Waals surface area contributed by atoms with E-state index in [1.165, 1.54) is 4.88 Å². The van der Waals surface area contributed by atoms with Crippen LogP contribution in [0.15, 0.2) is 47.8 Å². The van der Waals surface area contributed by atoms with Gasteiger partial charge in [-0.2, -0.15) is 0 Å². The molecular formula is C20H25NO2S. The molecule has 1 saturated heterocycles. The van der Waals surface area contributed by atoms with Gasteiger partial charge in [0.1, 0.15) is 0 Å². The maximum atomic E-state index is 13.4. The number of ether oxygens (including phenoxy) is 1. The standard InChI is InChI=1S/C20H25NO2S/c1-2-19(16-7-4-3-5-8-16)20(22)21(15-18-9-6-14-24-18)17-10-12-23-13-11-17/h3-9,14,17,19H,2,10-13,15H2,1H3/t19-/m1/s1. The third-order valence-corrected chi connectivity index (χ3v) is 5.59. The molecule has 0 saturated carbocycles. The fourth-order valence-electron chi connectivity index (χ4n) is 3.39. The third-order valence-electron chi connectivity index (χ3n) is 4.73. The lowest BCUT2D eigenvalue weighted by atomic mass is 9.93. The fraction of sp³-hybridized carbons (Fsp3) is 0.450. The molecule has 24 heavy (non-hydrogen) atoms. The van der Waals surface area contributed by atoms with Crippen molar-refractivity contribution < 1.29 is 9.53 Å². The van der Waals surface area contributed by atoms with Gasteiger partial charge in [0.15, 0.2) is 0 Å². The Labute approximate surface area is 148 Å². The van der Waals surface area contributed by atoms with Crippen molar-refractivity contribution in [2.45, 2.75) is 44.7 Å². The first kappa shape index (κ1) is 17.2. The van der Waals surface area contributed by atoms with Gasteiger partial charge in [0, 0.05) is 24.1 Å². The summed E-state index contributed by atoms with van der Waals surface area (Å²) in [5.41, 5.74) is 1.12. The first-order valence-electron chi connectivity index (χ1n) is 8.75. The molecule has 0 radical (unpaired) electrons. The quantitative estimate of drug-likeness (QED) is 0.775. The minimum atomic E-state index is -0.0611. The summed E-state index contributed by atoms with van der Waals surface area (Å²) in [5, 5.41) is 2.08. The summed E-state index contributed by atoms with van der Waals surface area (Å²) < 4.78 is 5.50. The number of carbonyl (C=O) groups is 1. The molecule has 1 aromatic carbocycles. The lowest BCUT2D eigenvalue weighted by Crippen LogP contribution is -2.44. The van der Waals surface area contributed by atoms with Crippen LogP contribution in [0.3, 0.4) is 0 Å². The smallest absolute Gasteiger partial charge is 0.230 e. The summed E-state index contributed by atoms with van der Waals surface area (Å²) in [4.78, 5) is 16.7. The van der Waals surface area contributed by atoms with E-state index in [1.807, 2.05) is 18.2 Å². The highest BCUT2D eigenvalue weighted by Crippen LogP contribution is 2.27. The Hall–Kier alpha value is -1.65. The Morgan fingerprint density at radius 1 is 1.21 bits per heavy atom. The van der Waals surface area contributed by atoms with Gasteiger partial charge in [-0.1, -0.05) is 43.3 Å². The van der Waals surface area contributed by atoms with E-state index in [9.17, 15) is 4.79 Å². The second kappa shape index (κ2) is 8.45. The summed E-state index contributed by atoms with van der Waals surface area (Å²) >= 11 is 1.72. The van der Waals surface area contributed by atoms with Crippen LogP contribution >= 0.6 is 11.3 Å². The largest absolute Gasteiger partial charge is 0.381 e. The predicted molar refractivity (Wildman–Crippen MR) is 98.2 cm³/mol. The molecule has 0 spiro atoms. The van der Waals surface area contributed by atoms with E-state index >= 15 is 0 Å². The minimum Gasteiger partial charge on any atom is -0.381 e. The maximum Gasteiger partial charge on any atom is 0.230 e. The molecular weight excluding hydrogens is 318 g/mol. The number of nitrogens with zero attached hydrogens (tertiary/aromatic N) is 1. The summed E-state index contributed by atoms with van der Waals surface area (Å²) in [6.45, 7) is 4.31. The Bertz CT molecular complexity index is 620. The van der Waals surface area contributed by atoms with Crippen LogP contribution in [-0.4, -0.2) is 30.1 Å². The van der Waals surface area contributed by atoms with Crippen LogP contribution in [0, 0.1) is 0 Å². The van der Waals surface area contributed by atoms with Gasteiger partial charge in [-0.15, -0.1) is 11.3 Å². The van der Waals surface area contributed by atoms with E-state index in [0.717, 1.165) is 38.0 Å². The normalized spacial score (nSPS) is 16.7. The van der Waals surface area contributed by atoms with Crippen molar-refractivity contribution >= 4 is 17.2 Å². The van der Waals surface area contributed by atoms with Crippen molar-refractivity contribution in [1.82, 2.24) is 4.90 Å². The summed E-state index contributed by atoms with van der Waals surface area (Å²) in [6.07, 6.45) is 2.69. The van der Waals surface area contributed by atoms with Gasteiger partial charge in [-0.05, 0) is 36.3 Å². The summed E-state index contributed by atoms with van der Waals surface area (Å²) in [5.74, 6) is 0.193. The molecule has 1 aliphatic heterocycles. The SMILES string of the molecule is CC[C@@H](C(=O)N(Cc1cccs1)C1CCOCC1)c1ccccc1. The van der Waals surface area contributed by atoms with Crippen LogP contribution in [0.4, 0.5) is 0 Å². The molecule has 1 amide bonds. The molecule has 0 unspecified atom stereocenters. The highest BCUT2D eigenvalue weighted by molar-refractivity contribution is 7.09. The zero-order chi connectivity index (χ0) is 16.8. The fourth-order valence-corrected chi connectivity index (χ4v) is 4.10. The second-order valence-electron chi connectivity index (χ2n) is 6.26. The molecule has 1 aliphatic rings. The minimum absolute atomic E-state index is 0.0611. The number of benzene rings is 1. The highest BCUT2D eigenvalue weighted by Gasteiger charge is 2.31. The third kappa shape index (κ3) is 4.05. The van der Waals surface area contributed by atoms with Crippen LogP contribution in [0.25, 0.3) is 0 Å². The monoisotopic (exact) mass is 343 g/mol. The van der Waals surface area contributed by atoms with Gasteiger partial charge in [0.05, 0.1) is 12.5 Å². The second-order valence-corrected chi connectivity index (χ2v) is 7.29. The van der Waals surface area contributed by atoms with Gasteiger partial charge < -0.3 is 9.64 Å². The lowest BCUT2D eigenvalue weighted by Gasteiger charge is -2.36. The molecule has 0 N–H and O–H groups in total. The molecule has 1 atom stereocenters. The van der Waals surface area contributed by atoms with Crippen LogP contribution in [0.5, 0.6) is 0 Å². The van der Waals surface area contributed by atoms with E-state index in [4.69, 9.17) is 4.74 Å². The Morgan fingerprint density at radius 3 is 2.58 bits per heavy atom. The van der Waals surface area contributed by atoms with Crippen molar-refractivity contribution in [1.29, 1.82) is 0 Å². The zero-order valence-corrected chi connectivity index (χ0v) is 15.0. The van der Waals surface area contributed by atoms with E-state index in [2.05, 4.69) is 41.5 Å². The predicted octanol–water partition coefficient (Wildman–Crippen LogP) is 4.45. The van der Waals surface area contributed by atoms with E-state index in [0.29, 0.717) is 6.54 Å². The van der Waals surface area contributed by atoms with E-state index in [1.54, 1.807) is 11.3 Å². The average Bonchev–Trinajstić information content (AvgIpc) is 3.15. The Morgan fingerprint density at radius 2 is 1.96 bits per heavy atom. The molecule has 128 valence electrons. The first-order chi connectivity index (χ1) is 11.8. The number of amides is 1. The topological polar surface area (TPSA) is 29.5 Å². The van der Waals surface area contributed by atoms with Gasteiger partial charge in [0.2, 0.25) is 5.91 Å². The summed E-state index contributed by atoms with van der Waals surface area (Å²) in [6, 6.07) is 14.6. The van der Waals surface area contributed by atoms with Gasteiger partial charge in [-0.3, -0.25) is 4.79 Å². The lowest BCUT2D eigenvalue weighted by molar-refractivity contribution is -0.138. The molecule has 1 aromatic heterocycles. The van der Waals surface area contributed by atoms with Crippen molar-refractivity contribution in [2.24, 2.45) is 0 Å². The molecule has 3 rings (SSSR count). The highest BCUT2D eigenvalue weighted by atomic mass is 32.1. The Kier molecular flexibility index (Phi) is 6.05. The van der Waals surface area contributed by atoms with Gasteiger partial charge in [-0.25, -0.2) is 0 Å². The average molecular weight is 343 g/mol. The van der Waals surface area contributed by atoms with Crippen LogP contribution in [0.1, 0.15) is 42.5 Å². The molecule has 1 fully saturated rings. The Balaban J connectivity index is 1.83. The number of thiophene rings is 1. The van der Waals surface area contributed by atoms with Gasteiger partial charge >= 0.3 is 0 Å². The van der Waals surface area contributed by atoms with Gasteiger partial charge in [0.25, 0.3) is 0 Å². The van der Waals surface area contributed by atoms with Crippen molar-refractivity contribution in [3.05, 3.63) is 58.3 Å². The molecule has 2 heterocycles. The van der Waals surface area contributed by atoms with Crippen LogP contribution in [-0.2, 0) is 16.1 Å². The van der Waals surface area contributed by atoms with E-state index in [-0.39, 0.29) is 17.9 Å². The molecule has 0 bridgehead atoms. The molecule has 2 aromatic rings. The summed E-state index contributed by atoms with van der Waals surface area (Å²) in [7, 11) is 0. The van der Waals surface area contributed by atoms with Crippen molar-refractivity contribution in [3.8, 4) is 0 Å². The van der Waals surface area contributed by atoms with Crippen molar-refractivity contribution in [3.63, 3.8) is 0 Å². The number of hydrogen-bond donors (Lipinski definition) is 0. The van der Waals surface area contributed by atoms with Crippen LogP contribution in [0.2, 0.25) is 0 Å². The number of hydrogen-bond acceptors (Lipinski definition) is 3. The van der Waals surface area contributed by atoms with Crippen molar-refractivity contribution in [2.75, 3.05) is 13.2 Å².